The van der Waals surface area contributed by atoms with Crippen LogP contribution in [0.25, 0.3) is 0 Å². The molecule has 0 aliphatic carbocycles. The van der Waals surface area contributed by atoms with E-state index in [0.717, 1.165) is 19.3 Å². The normalized spacial score (nSPS) is 23.3. The molecule has 1 fully saturated rings. The van der Waals surface area contributed by atoms with Crippen LogP contribution in [0.2, 0.25) is 0 Å². The van der Waals surface area contributed by atoms with E-state index < -0.39 is 0 Å². The molecule has 1 atom stereocenters. The molecule has 1 aliphatic heterocycles. The van der Waals surface area contributed by atoms with Crippen molar-refractivity contribution in [2.45, 2.75) is 71.2 Å². The van der Waals surface area contributed by atoms with E-state index >= 15 is 0 Å². The molecule has 5 heteroatoms. The lowest BCUT2D eigenvalue weighted by atomic mass is 9.76. The minimum atomic E-state index is -0.234. The van der Waals surface area contributed by atoms with Crippen LogP contribution in [0.3, 0.4) is 0 Å². The van der Waals surface area contributed by atoms with E-state index in [-0.39, 0.29) is 29.1 Å². The van der Waals surface area contributed by atoms with Gasteiger partial charge in [-0.2, -0.15) is 0 Å². The Hall–Kier alpha value is -0.320. The third-order valence-electron chi connectivity index (χ3n) is 3.62. The van der Waals surface area contributed by atoms with Crippen LogP contribution in [0.4, 0.5) is 0 Å². The summed E-state index contributed by atoms with van der Waals surface area (Å²) < 4.78 is 5.87. The molecule has 1 unspecified atom stereocenters. The van der Waals surface area contributed by atoms with E-state index in [0.29, 0.717) is 12.5 Å². The standard InChI is InChI=1S/C15H29ClN2O2/c1-6-13(17-12(19)9-16)20-10-11-7-14(2,3)18-15(4,5)8-11/h11,13,18H,6-10H2,1-5H3,(H,17,19). The fourth-order valence-electron chi connectivity index (χ4n) is 3.38. The maximum absolute atomic E-state index is 11.3. The first-order valence-corrected chi connectivity index (χ1v) is 7.97. The lowest BCUT2D eigenvalue weighted by Crippen LogP contribution is -2.58. The average Bonchev–Trinajstić information content (AvgIpc) is 2.30. The summed E-state index contributed by atoms with van der Waals surface area (Å²) in [5.41, 5.74) is 0.244. The molecule has 0 aromatic rings. The van der Waals surface area contributed by atoms with Crippen LogP contribution in [0.15, 0.2) is 0 Å². The number of nitrogens with one attached hydrogen (secondary N) is 2. The summed E-state index contributed by atoms with van der Waals surface area (Å²) in [6, 6.07) is 0. The lowest BCUT2D eigenvalue weighted by Gasteiger charge is -2.46. The molecule has 1 rings (SSSR count). The number of alkyl halides is 1. The van der Waals surface area contributed by atoms with Crippen molar-refractivity contribution in [2.24, 2.45) is 5.92 Å². The average molecular weight is 305 g/mol. The summed E-state index contributed by atoms with van der Waals surface area (Å²) in [6.07, 6.45) is 2.68. The number of carbonyl (C=O) groups is 1. The van der Waals surface area contributed by atoms with Gasteiger partial charge in [0.2, 0.25) is 5.91 Å². The van der Waals surface area contributed by atoms with E-state index in [1.165, 1.54) is 0 Å². The van der Waals surface area contributed by atoms with Gasteiger partial charge in [-0.05, 0) is 52.9 Å². The smallest absolute Gasteiger partial charge is 0.236 e. The van der Waals surface area contributed by atoms with Crippen molar-refractivity contribution in [3.63, 3.8) is 0 Å². The van der Waals surface area contributed by atoms with Gasteiger partial charge in [-0.3, -0.25) is 4.79 Å². The predicted molar refractivity (Wildman–Crippen MR) is 82.9 cm³/mol. The molecule has 0 bridgehead atoms. The van der Waals surface area contributed by atoms with Crippen LogP contribution in [0.5, 0.6) is 0 Å². The summed E-state index contributed by atoms with van der Waals surface area (Å²) >= 11 is 5.50. The Balaban J connectivity index is 2.49. The molecule has 1 saturated heterocycles. The number of amides is 1. The summed E-state index contributed by atoms with van der Waals surface area (Å²) in [6.45, 7) is 11.6. The maximum atomic E-state index is 11.3. The molecule has 4 nitrogen and oxygen atoms in total. The molecular weight excluding hydrogens is 276 g/mol. The molecule has 0 radical (unpaired) electrons. The SMILES string of the molecule is CCC(NC(=O)CCl)OCC1CC(C)(C)NC(C)(C)C1. The first-order chi connectivity index (χ1) is 9.17. The van der Waals surface area contributed by atoms with Crippen LogP contribution in [-0.2, 0) is 9.53 Å². The Morgan fingerprint density at radius 1 is 1.35 bits per heavy atom. The molecule has 1 heterocycles. The van der Waals surface area contributed by atoms with Gasteiger partial charge in [0, 0.05) is 11.1 Å². The number of hydrogen-bond donors (Lipinski definition) is 2. The Labute approximate surface area is 128 Å². The van der Waals surface area contributed by atoms with Crippen LogP contribution < -0.4 is 10.6 Å². The Bertz CT molecular complexity index is 316. The molecule has 0 spiro atoms. The highest BCUT2D eigenvalue weighted by Gasteiger charge is 2.37. The third-order valence-corrected chi connectivity index (χ3v) is 3.86. The highest BCUT2D eigenvalue weighted by molar-refractivity contribution is 6.27. The molecular formula is C15H29ClN2O2. The minimum absolute atomic E-state index is 0.0206. The number of rotatable bonds is 6. The van der Waals surface area contributed by atoms with Crippen LogP contribution in [0, 0.1) is 5.92 Å². The zero-order valence-corrected chi connectivity index (χ0v) is 14.1. The van der Waals surface area contributed by atoms with E-state index in [4.69, 9.17) is 16.3 Å². The second kappa shape index (κ2) is 7.10. The molecule has 1 amide bonds. The molecule has 0 aromatic carbocycles. The first kappa shape index (κ1) is 17.7. The zero-order valence-electron chi connectivity index (χ0n) is 13.4. The molecule has 0 aromatic heterocycles. The quantitative estimate of drug-likeness (QED) is 0.586. The minimum Gasteiger partial charge on any atom is -0.358 e. The van der Waals surface area contributed by atoms with E-state index in [2.05, 4.69) is 38.3 Å². The first-order valence-electron chi connectivity index (χ1n) is 7.44. The molecule has 118 valence electrons. The van der Waals surface area contributed by atoms with Gasteiger partial charge in [0.25, 0.3) is 0 Å². The number of carbonyl (C=O) groups excluding carboxylic acids is 1. The number of piperidine rings is 1. The Morgan fingerprint density at radius 3 is 2.35 bits per heavy atom. The van der Waals surface area contributed by atoms with Crippen molar-refractivity contribution < 1.29 is 9.53 Å². The number of halogens is 1. The third kappa shape index (κ3) is 5.98. The van der Waals surface area contributed by atoms with Crippen LogP contribution in [-0.4, -0.2) is 35.7 Å². The van der Waals surface area contributed by atoms with Crippen molar-refractivity contribution >= 4 is 17.5 Å². The van der Waals surface area contributed by atoms with Gasteiger partial charge in [-0.1, -0.05) is 6.92 Å². The Kier molecular flexibility index (Phi) is 6.29. The molecule has 0 saturated carbocycles. The Morgan fingerprint density at radius 2 is 1.90 bits per heavy atom. The molecule has 20 heavy (non-hydrogen) atoms. The highest BCUT2D eigenvalue weighted by atomic mass is 35.5. The summed E-state index contributed by atoms with van der Waals surface area (Å²) in [5, 5.41) is 6.45. The van der Waals surface area contributed by atoms with Crippen LogP contribution >= 0.6 is 11.6 Å². The molecule has 2 N–H and O–H groups in total. The van der Waals surface area contributed by atoms with Gasteiger partial charge >= 0.3 is 0 Å². The van der Waals surface area contributed by atoms with Gasteiger partial charge in [-0.15, -0.1) is 11.6 Å². The van der Waals surface area contributed by atoms with E-state index in [9.17, 15) is 4.79 Å². The van der Waals surface area contributed by atoms with Gasteiger partial charge in [-0.25, -0.2) is 0 Å². The zero-order chi connectivity index (χ0) is 15.4. The van der Waals surface area contributed by atoms with Gasteiger partial charge in [0.15, 0.2) is 0 Å². The van der Waals surface area contributed by atoms with Crippen LogP contribution in [0.1, 0.15) is 53.9 Å². The second-order valence-electron chi connectivity index (χ2n) is 7.10. The number of hydrogen-bond acceptors (Lipinski definition) is 3. The lowest BCUT2D eigenvalue weighted by molar-refractivity contribution is -0.124. The maximum Gasteiger partial charge on any atom is 0.236 e. The fraction of sp³-hybridized carbons (Fsp3) is 0.933. The van der Waals surface area contributed by atoms with Gasteiger partial charge in [0.05, 0.1) is 6.61 Å². The molecule has 1 aliphatic rings. The van der Waals surface area contributed by atoms with Crippen molar-refractivity contribution in [3.8, 4) is 0 Å². The van der Waals surface area contributed by atoms with Crippen molar-refractivity contribution in [2.75, 3.05) is 12.5 Å². The summed E-state index contributed by atoms with van der Waals surface area (Å²) in [5.74, 6) is 0.306. The highest BCUT2D eigenvalue weighted by Crippen LogP contribution is 2.33. The topological polar surface area (TPSA) is 50.4 Å². The monoisotopic (exact) mass is 304 g/mol. The van der Waals surface area contributed by atoms with Crippen molar-refractivity contribution in [1.82, 2.24) is 10.6 Å². The van der Waals surface area contributed by atoms with Crippen molar-refractivity contribution in [3.05, 3.63) is 0 Å². The largest absolute Gasteiger partial charge is 0.358 e. The van der Waals surface area contributed by atoms with Gasteiger partial charge in [0.1, 0.15) is 12.1 Å². The van der Waals surface area contributed by atoms with E-state index in [1.54, 1.807) is 0 Å². The number of ether oxygens (including phenoxy) is 1. The van der Waals surface area contributed by atoms with Gasteiger partial charge < -0.3 is 15.4 Å². The summed E-state index contributed by atoms with van der Waals surface area (Å²) in [7, 11) is 0. The van der Waals surface area contributed by atoms with Crippen molar-refractivity contribution in [1.29, 1.82) is 0 Å². The summed E-state index contributed by atoms with van der Waals surface area (Å²) in [4.78, 5) is 11.3. The van der Waals surface area contributed by atoms with E-state index in [1.807, 2.05) is 6.92 Å². The predicted octanol–water partition coefficient (Wildman–Crippen LogP) is 2.65. The fourth-order valence-corrected chi connectivity index (χ4v) is 3.46. The second-order valence-corrected chi connectivity index (χ2v) is 7.37.